The molecule has 2 rings (SSSR count). The van der Waals surface area contributed by atoms with Crippen molar-refractivity contribution in [3.8, 4) is 0 Å². The van der Waals surface area contributed by atoms with Crippen molar-refractivity contribution >= 4 is 17.3 Å². The number of halogens is 2. The van der Waals surface area contributed by atoms with Crippen LogP contribution in [0.1, 0.15) is 5.56 Å². The second-order valence-electron chi connectivity index (χ2n) is 3.61. The Morgan fingerprint density at radius 1 is 1.06 bits per heavy atom. The SMILES string of the molecule is Fc1ccc(NNOCc2ccccc2Cl)cc1. The molecule has 0 radical (unpaired) electrons. The van der Waals surface area contributed by atoms with Crippen LogP contribution in [-0.2, 0) is 11.4 Å². The predicted molar refractivity (Wildman–Crippen MR) is 69.4 cm³/mol. The molecule has 2 aromatic carbocycles. The van der Waals surface area contributed by atoms with Crippen LogP contribution in [0, 0.1) is 5.82 Å². The van der Waals surface area contributed by atoms with Gasteiger partial charge in [-0.2, -0.15) is 0 Å². The van der Waals surface area contributed by atoms with Gasteiger partial charge in [0.1, 0.15) is 5.82 Å². The molecule has 0 saturated carbocycles. The van der Waals surface area contributed by atoms with Gasteiger partial charge in [-0.1, -0.05) is 29.8 Å². The number of hydrazine groups is 1. The Bertz CT molecular complexity index is 505. The Morgan fingerprint density at radius 2 is 1.78 bits per heavy atom. The first kappa shape index (κ1) is 12.8. The highest BCUT2D eigenvalue weighted by molar-refractivity contribution is 6.31. The average Bonchev–Trinajstić information content (AvgIpc) is 2.39. The van der Waals surface area contributed by atoms with Gasteiger partial charge in [-0.15, -0.1) is 5.59 Å². The van der Waals surface area contributed by atoms with Gasteiger partial charge in [0.25, 0.3) is 0 Å². The normalized spacial score (nSPS) is 10.3. The summed E-state index contributed by atoms with van der Waals surface area (Å²) in [6, 6.07) is 13.3. The van der Waals surface area contributed by atoms with Crippen LogP contribution in [0.5, 0.6) is 0 Å². The van der Waals surface area contributed by atoms with E-state index in [4.69, 9.17) is 16.4 Å². The summed E-state index contributed by atoms with van der Waals surface area (Å²) in [6.07, 6.45) is 0. The number of anilines is 1. The van der Waals surface area contributed by atoms with E-state index in [1.807, 2.05) is 18.2 Å². The molecule has 94 valence electrons. The van der Waals surface area contributed by atoms with Gasteiger partial charge in [0.05, 0.1) is 12.3 Å². The molecule has 0 fully saturated rings. The molecule has 3 nitrogen and oxygen atoms in total. The maximum absolute atomic E-state index is 12.6. The van der Waals surface area contributed by atoms with Crippen molar-refractivity contribution in [1.29, 1.82) is 0 Å². The summed E-state index contributed by atoms with van der Waals surface area (Å²) < 4.78 is 12.6. The number of nitrogens with one attached hydrogen (secondary N) is 2. The van der Waals surface area contributed by atoms with Crippen LogP contribution in [0.15, 0.2) is 48.5 Å². The zero-order valence-corrected chi connectivity index (χ0v) is 10.2. The second kappa shape index (κ2) is 6.35. The fraction of sp³-hybridized carbons (Fsp3) is 0.0769. The van der Waals surface area contributed by atoms with Gasteiger partial charge in [0, 0.05) is 5.02 Å². The molecule has 0 amide bonds. The maximum atomic E-state index is 12.6. The van der Waals surface area contributed by atoms with Crippen LogP contribution in [0.4, 0.5) is 10.1 Å². The van der Waals surface area contributed by atoms with E-state index in [-0.39, 0.29) is 5.82 Å². The molecule has 0 spiro atoms. The monoisotopic (exact) mass is 266 g/mol. The van der Waals surface area contributed by atoms with E-state index in [1.54, 1.807) is 18.2 Å². The Balaban J connectivity index is 1.76. The summed E-state index contributed by atoms with van der Waals surface area (Å²) in [5.41, 5.74) is 6.93. The van der Waals surface area contributed by atoms with E-state index in [1.165, 1.54) is 12.1 Å². The van der Waals surface area contributed by atoms with Crippen molar-refractivity contribution in [1.82, 2.24) is 5.59 Å². The van der Waals surface area contributed by atoms with Gasteiger partial charge in [-0.3, -0.25) is 10.3 Å². The minimum atomic E-state index is -0.280. The zero-order chi connectivity index (χ0) is 12.8. The number of rotatable bonds is 5. The van der Waals surface area contributed by atoms with Crippen molar-refractivity contribution < 1.29 is 9.23 Å². The summed E-state index contributed by atoms with van der Waals surface area (Å²) >= 11 is 5.97. The lowest BCUT2D eigenvalue weighted by Crippen LogP contribution is -2.21. The average molecular weight is 267 g/mol. The lowest BCUT2D eigenvalue weighted by molar-refractivity contribution is 0.0436. The molecule has 0 heterocycles. The summed E-state index contributed by atoms with van der Waals surface area (Å²) in [4.78, 5) is 5.20. The molecule has 0 saturated heterocycles. The molecule has 0 aliphatic heterocycles. The van der Waals surface area contributed by atoms with E-state index < -0.39 is 0 Å². The Morgan fingerprint density at radius 3 is 2.50 bits per heavy atom. The fourth-order valence-electron chi connectivity index (χ4n) is 1.36. The number of hydrogen-bond donors (Lipinski definition) is 2. The van der Waals surface area contributed by atoms with Crippen LogP contribution < -0.4 is 11.0 Å². The first-order valence-electron chi connectivity index (χ1n) is 5.37. The molecule has 2 aromatic rings. The van der Waals surface area contributed by atoms with Gasteiger partial charge >= 0.3 is 0 Å². The van der Waals surface area contributed by atoms with Crippen LogP contribution in [0.2, 0.25) is 5.02 Å². The minimum Gasteiger partial charge on any atom is -0.299 e. The lowest BCUT2D eigenvalue weighted by Gasteiger charge is -2.09. The van der Waals surface area contributed by atoms with Crippen molar-refractivity contribution in [3.63, 3.8) is 0 Å². The standard InChI is InChI=1S/C13H12ClFN2O/c14-13-4-2-1-3-10(13)9-18-17-16-12-7-5-11(15)6-8-12/h1-8,16-17H,9H2. The summed E-state index contributed by atoms with van der Waals surface area (Å²) in [5, 5.41) is 0.654. The van der Waals surface area contributed by atoms with E-state index in [0.29, 0.717) is 17.3 Å². The van der Waals surface area contributed by atoms with Crippen molar-refractivity contribution in [2.24, 2.45) is 0 Å². The highest BCUT2D eigenvalue weighted by Gasteiger charge is 1.98. The smallest absolute Gasteiger partial charge is 0.123 e. The molecule has 0 unspecified atom stereocenters. The van der Waals surface area contributed by atoms with Crippen molar-refractivity contribution in [3.05, 3.63) is 64.9 Å². The van der Waals surface area contributed by atoms with Crippen LogP contribution in [0.25, 0.3) is 0 Å². The van der Waals surface area contributed by atoms with Crippen LogP contribution >= 0.6 is 11.6 Å². The summed E-state index contributed by atoms with van der Waals surface area (Å²) in [5.74, 6) is -0.280. The van der Waals surface area contributed by atoms with Gasteiger partial charge in [0.15, 0.2) is 0 Å². The van der Waals surface area contributed by atoms with Crippen molar-refractivity contribution in [2.75, 3.05) is 5.43 Å². The summed E-state index contributed by atoms with van der Waals surface area (Å²) in [6.45, 7) is 0.327. The first-order chi connectivity index (χ1) is 8.75. The van der Waals surface area contributed by atoms with Crippen molar-refractivity contribution in [2.45, 2.75) is 6.61 Å². The maximum Gasteiger partial charge on any atom is 0.123 e. The zero-order valence-electron chi connectivity index (χ0n) is 9.49. The Kier molecular flexibility index (Phi) is 4.52. The molecule has 0 atom stereocenters. The second-order valence-corrected chi connectivity index (χ2v) is 4.02. The Hall–Kier alpha value is -1.62. The van der Waals surface area contributed by atoms with Crippen LogP contribution in [-0.4, -0.2) is 0 Å². The third kappa shape index (κ3) is 3.70. The van der Waals surface area contributed by atoms with Gasteiger partial charge in [0.2, 0.25) is 0 Å². The molecule has 0 bridgehead atoms. The predicted octanol–water partition coefficient (Wildman–Crippen LogP) is 3.53. The van der Waals surface area contributed by atoms with E-state index in [9.17, 15) is 4.39 Å². The first-order valence-corrected chi connectivity index (χ1v) is 5.75. The molecule has 18 heavy (non-hydrogen) atoms. The number of benzene rings is 2. The third-order valence-electron chi connectivity index (χ3n) is 2.30. The van der Waals surface area contributed by atoms with E-state index in [0.717, 1.165) is 5.56 Å². The molecule has 0 aliphatic rings. The molecule has 0 aromatic heterocycles. The fourth-order valence-corrected chi connectivity index (χ4v) is 1.55. The van der Waals surface area contributed by atoms with Crippen LogP contribution in [0.3, 0.4) is 0 Å². The Labute approximate surface area is 109 Å². The molecule has 2 N–H and O–H groups in total. The van der Waals surface area contributed by atoms with Gasteiger partial charge in [-0.05, 0) is 35.9 Å². The topological polar surface area (TPSA) is 33.3 Å². The van der Waals surface area contributed by atoms with Gasteiger partial charge < -0.3 is 0 Å². The summed E-state index contributed by atoms with van der Waals surface area (Å²) in [7, 11) is 0. The third-order valence-corrected chi connectivity index (χ3v) is 2.67. The lowest BCUT2D eigenvalue weighted by atomic mass is 10.2. The molecular formula is C13H12ClFN2O. The van der Waals surface area contributed by atoms with E-state index >= 15 is 0 Å². The van der Waals surface area contributed by atoms with E-state index in [2.05, 4.69) is 11.0 Å². The molecule has 0 aliphatic carbocycles. The highest BCUT2D eigenvalue weighted by Crippen LogP contribution is 2.15. The molecule has 5 heteroatoms. The number of hydrogen-bond acceptors (Lipinski definition) is 3. The largest absolute Gasteiger partial charge is 0.299 e. The van der Waals surface area contributed by atoms with Gasteiger partial charge in [-0.25, -0.2) is 4.39 Å². The quantitative estimate of drug-likeness (QED) is 0.642. The molecular weight excluding hydrogens is 255 g/mol. The highest BCUT2D eigenvalue weighted by atomic mass is 35.5. The minimum absolute atomic E-state index is 0.280.